The molecule has 0 bridgehead atoms. The third-order valence-corrected chi connectivity index (χ3v) is 2.72. The third kappa shape index (κ3) is 3.47. The molecule has 0 unspecified atom stereocenters. The lowest BCUT2D eigenvalue weighted by atomic mass is 10.1. The second-order valence-corrected chi connectivity index (χ2v) is 4.69. The highest BCUT2D eigenvalue weighted by molar-refractivity contribution is 5.73. The largest absolute Gasteiger partial charge is 0.336 e. The minimum atomic E-state index is -0.0631. The first-order chi connectivity index (χ1) is 7.93. The Morgan fingerprint density at radius 3 is 2.65 bits per heavy atom. The first-order valence-corrected chi connectivity index (χ1v) is 5.90. The molecule has 1 N–H and O–H groups in total. The van der Waals surface area contributed by atoms with E-state index < -0.39 is 0 Å². The van der Waals surface area contributed by atoms with E-state index in [-0.39, 0.29) is 6.03 Å². The van der Waals surface area contributed by atoms with Crippen molar-refractivity contribution in [2.45, 2.75) is 33.2 Å². The average Bonchev–Trinajstić information content (AvgIpc) is 2.60. The first-order valence-electron chi connectivity index (χ1n) is 5.90. The van der Waals surface area contributed by atoms with E-state index in [1.54, 1.807) is 14.1 Å². The number of hydrogen-bond donors (Lipinski definition) is 1. The molecule has 0 atom stereocenters. The lowest BCUT2D eigenvalue weighted by Gasteiger charge is -2.13. The molecule has 0 aliphatic carbocycles. The van der Waals surface area contributed by atoms with Crippen LogP contribution in [0.1, 0.15) is 31.2 Å². The number of amides is 2. The highest BCUT2D eigenvalue weighted by Gasteiger charge is 2.09. The van der Waals surface area contributed by atoms with E-state index in [1.807, 2.05) is 6.33 Å². The molecule has 0 aromatic carbocycles. The molecule has 1 aromatic rings. The quantitative estimate of drug-likeness (QED) is 0.866. The van der Waals surface area contributed by atoms with Gasteiger partial charge in [-0.05, 0) is 12.8 Å². The number of rotatable bonds is 4. The van der Waals surface area contributed by atoms with E-state index in [4.69, 9.17) is 0 Å². The molecule has 2 amide bonds. The van der Waals surface area contributed by atoms with Gasteiger partial charge in [0.15, 0.2) is 0 Å². The second-order valence-electron chi connectivity index (χ2n) is 4.69. The van der Waals surface area contributed by atoms with Crippen molar-refractivity contribution in [1.29, 1.82) is 0 Å². The van der Waals surface area contributed by atoms with Gasteiger partial charge in [0.1, 0.15) is 0 Å². The van der Waals surface area contributed by atoms with Crippen molar-refractivity contribution in [2.24, 2.45) is 0 Å². The van der Waals surface area contributed by atoms with Crippen LogP contribution < -0.4 is 5.32 Å². The zero-order valence-electron chi connectivity index (χ0n) is 11.3. The van der Waals surface area contributed by atoms with E-state index in [9.17, 15) is 4.79 Å². The lowest BCUT2D eigenvalue weighted by Crippen LogP contribution is -2.36. The monoisotopic (exact) mass is 238 g/mol. The average molecular weight is 238 g/mol. The Bertz CT molecular complexity index is 382. The molecule has 5 nitrogen and oxygen atoms in total. The van der Waals surface area contributed by atoms with Gasteiger partial charge in [0.05, 0.1) is 12.0 Å². The normalized spacial score (nSPS) is 10.7. The third-order valence-electron chi connectivity index (χ3n) is 2.72. The van der Waals surface area contributed by atoms with Crippen LogP contribution in [0, 0.1) is 6.92 Å². The van der Waals surface area contributed by atoms with Crippen LogP contribution in [-0.4, -0.2) is 41.1 Å². The van der Waals surface area contributed by atoms with Gasteiger partial charge in [0.25, 0.3) is 0 Å². The van der Waals surface area contributed by atoms with Crippen molar-refractivity contribution in [3.8, 4) is 0 Å². The van der Waals surface area contributed by atoms with Gasteiger partial charge < -0.3 is 14.8 Å². The van der Waals surface area contributed by atoms with Crippen molar-refractivity contribution in [3.63, 3.8) is 0 Å². The molecule has 0 fully saturated rings. The van der Waals surface area contributed by atoms with Gasteiger partial charge in [-0.3, -0.25) is 0 Å². The van der Waals surface area contributed by atoms with Gasteiger partial charge in [-0.2, -0.15) is 0 Å². The van der Waals surface area contributed by atoms with Crippen LogP contribution in [0.5, 0.6) is 0 Å². The van der Waals surface area contributed by atoms with Gasteiger partial charge in [-0.25, -0.2) is 9.78 Å². The molecule has 1 aromatic heterocycles. The summed E-state index contributed by atoms with van der Waals surface area (Å²) in [5, 5.41) is 2.83. The molecule has 1 heterocycles. The van der Waals surface area contributed by atoms with Crippen LogP contribution in [0.4, 0.5) is 4.79 Å². The van der Waals surface area contributed by atoms with Gasteiger partial charge in [0, 0.05) is 32.9 Å². The molecular weight excluding hydrogens is 216 g/mol. The fourth-order valence-electron chi connectivity index (χ4n) is 1.69. The Balaban J connectivity index is 2.50. The minimum absolute atomic E-state index is 0.0631. The summed E-state index contributed by atoms with van der Waals surface area (Å²) in [6.45, 7) is 7.70. The van der Waals surface area contributed by atoms with E-state index in [2.05, 4.69) is 35.6 Å². The Kier molecular flexibility index (Phi) is 4.54. The molecule has 0 aliphatic rings. The zero-order valence-corrected chi connectivity index (χ0v) is 11.3. The Labute approximate surface area is 103 Å². The highest BCUT2D eigenvalue weighted by Crippen LogP contribution is 2.16. The van der Waals surface area contributed by atoms with Crippen molar-refractivity contribution in [1.82, 2.24) is 19.8 Å². The van der Waals surface area contributed by atoms with Crippen LogP contribution >= 0.6 is 0 Å². The smallest absolute Gasteiger partial charge is 0.316 e. The summed E-state index contributed by atoms with van der Waals surface area (Å²) in [5.74, 6) is 0.438. The Morgan fingerprint density at radius 2 is 2.18 bits per heavy atom. The summed E-state index contributed by atoms with van der Waals surface area (Å²) in [5.41, 5.74) is 2.31. The molecule has 0 saturated carbocycles. The maximum Gasteiger partial charge on any atom is 0.316 e. The Hall–Kier alpha value is -1.52. The van der Waals surface area contributed by atoms with Crippen LogP contribution in [0.2, 0.25) is 0 Å². The summed E-state index contributed by atoms with van der Waals surface area (Å²) >= 11 is 0. The molecule has 0 spiro atoms. The zero-order chi connectivity index (χ0) is 13.0. The number of aromatic nitrogens is 2. The standard InChI is InChI=1S/C12H22N4O/c1-9(2)11-10(3)16(8-14-11)7-6-13-12(17)15(4)5/h8-9H,6-7H2,1-5H3,(H,13,17). The molecule has 5 heteroatoms. The SMILES string of the molecule is Cc1c(C(C)C)ncn1CCNC(=O)N(C)C. The second kappa shape index (κ2) is 5.70. The topological polar surface area (TPSA) is 50.2 Å². The molecule has 0 aliphatic heterocycles. The molecule has 1 rings (SSSR count). The first kappa shape index (κ1) is 13.5. The van der Waals surface area contributed by atoms with E-state index in [0.717, 1.165) is 12.2 Å². The van der Waals surface area contributed by atoms with Gasteiger partial charge in [0.2, 0.25) is 0 Å². The number of nitrogens with zero attached hydrogens (tertiary/aromatic N) is 3. The van der Waals surface area contributed by atoms with Crippen LogP contribution in [0.3, 0.4) is 0 Å². The number of carbonyl (C=O) groups excluding carboxylic acids is 1. The predicted octanol–water partition coefficient (Wildman–Crippen LogP) is 1.59. The lowest BCUT2D eigenvalue weighted by molar-refractivity contribution is 0.217. The Morgan fingerprint density at radius 1 is 1.53 bits per heavy atom. The maximum absolute atomic E-state index is 11.3. The molecule has 96 valence electrons. The minimum Gasteiger partial charge on any atom is -0.336 e. The summed E-state index contributed by atoms with van der Waals surface area (Å²) in [7, 11) is 3.46. The molecule has 17 heavy (non-hydrogen) atoms. The van der Waals surface area contributed by atoms with E-state index in [1.165, 1.54) is 10.6 Å². The van der Waals surface area contributed by atoms with Crippen molar-refractivity contribution in [3.05, 3.63) is 17.7 Å². The number of carbonyl (C=O) groups is 1. The number of nitrogens with one attached hydrogen (secondary N) is 1. The summed E-state index contributed by atoms with van der Waals surface area (Å²) in [6.07, 6.45) is 1.84. The van der Waals surface area contributed by atoms with E-state index in [0.29, 0.717) is 12.5 Å². The van der Waals surface area contributed by atoms with Crippen LogP contribution in [0.25, 0.3) is 0 Å². The molecule has 0 saturated heterocycles. The number of hydrogen-bond acceptors (Lipinski definition) is 2. The van der Waals surface area contributed by atoms with Crippen molar-refractivity contribution < 1.29 is 4.79 Å². The van der Waals surface area contributed by atoms with Crippen LogP contribution in [-0.2, 0) is 6.54 Å². The molecular formula is C12H22N4O. The fraction of sp³-hybridized carbons (Fsp3) is 0.667. The highest BCUT2D eigenvalue weighted by atomic mass is 16.2. The summed E-state index contributed by atoms with van der Waals surface area (Å²) in [6, 6.07) is -0.0631. The summed E-state index contributed by atoms with van der Waals surface area (Å²) < 4.78 is 2.07. The fourth-order valence-corrected chi connectivity index (χ4v) is 1.69. The van der Waals surface area contributed by atoms with E-state index >= 15 is 0 Å². The van der Waals surface area contributed by atoms with Gasteiger partial charge in [-0.15, -0.1) is 0 Å². The molecule has 0 radical (unpaired) electrons. The van der Waals surface area contributed by atoms with Crippen LogP contribution in [0.15, 0.2) is 6.33 Å². The van der Waals surface area contributed by atoms with Crippen molar-refractivity contribution >= 4 is 6.03 Å². The maximum atomic E-state index is 11.3. The van der Waals surface area contributed by atoms with Gasteiger partial charge in [-0.1, -0.05) is 13.8 Å². The van der Waals surface area contributed by atoms with Gasteiger partial charge >= 0.3 is 6.03 Å². The predicted molar refractivity (Wildman–Crippen MR) is 68.1 cm³/mol. The number of urea groups is 1. The summed E-state index contributed by atoms with van der Waals surface area (Å²) in [4.78, 5) is 17.2. The number of imidazole rings is 1. The van der Waals surface area contributed by atoms with Crippen molar-refractivity contribution in [2.75, 3.05) is 20.6 Å².